The second kappa shape index (κ2) is 10.4. The van der Waals surface area contributed by atoms with Gasteiger partial charge in [-0.1, -0.05) is 29.9 Å². The number of nitrogens with zero attached hydrogens (tertiary/aromatic N) is 3. The van der Waals surface area contributed by atoms with Crippen molar-refractivity contribution in [3.8, 4) is 11.5 Å². The molecule has 1 amide bonds. The van der Waals surface area contributed by atoms with Gasteiger partial charge in [0.25, 0.3) is 5.91 Å². The van der Waals surface area contributed by atoms with Crippen molar-refractivity contribution < 1.29 is 14.3 Å². The number of anilines is 1. The number of hydrogen-bond acceptors (Lipinski definition) is 7. The number of likely N-dealkylation sites (tertiary alicyclic amines) is 1. The van der Waals surface area contributed by atoms with E-state index in [1.807, 2.05) is 48.5 Å². The molecule has 4 rings (SSSR count). The molecule has 0 saturated carbocycles. The second-order valence-electron chi connectivity index (χ2n) is 7.45. The maximum absolute atomic E-state index is 12.5. The predicted molar refractivity (Wildman–Crippen MR) is 121 cm³/mol. The van der Waals surface area contributed by atoms with Crippen LogP contribution >= 0.6 is 11.3 Å². The van der Waals surface area contributed by atoms with Crippen molar-refractivity contribution in [3.05, 3.63) is 64.7 Å². The van der Waals surface area contributed by atoms with Crippen LogP contribution in [0.25, 0.3) is 0 Å². The highest BCUT2D eigenvalue weighted by atomic mass is 32.1. The van der Waals surface area contributed by atoms with E-state index in [1.54, 1.807) is 7.11 Å². The summed E-state index contributed by atoms with van der Waals surface area (Å²) >= 11 is 1.30. The monoisotopic (exact) mass is 438 g/mol. The third-order valence-electron chi connectivity index (χ3n) is 5.18. The quantitative estimate of drug-likeness (QED) is 0.563. The van der Waals surface area contributed by atoms with Gasteiger partial charge in [0.1, 0.15) is 18.1 Å². The number of piperidine rings is 1. The van der Waals surface area contributed by atoms with Crippen molar-refractivity contribution in [1.29, 1.82) is 0 Å². The number of nitrogens with one attached hydrogen (secondary N) is 1. The lowest BCUT2D eigenvalue weighted by atomic mass is 10.1. The van der Waals surface area contributed by atoms with E-state index in [1.165, 1.54) is 36.2 Å². The van der Waals surface area contributed by atoms with E-state index in [4.69, 9.17) is 9.47 Å². The van der Waals surface area contributed by atoms with Crippen molar-refractivity contribution >= 4 is 22.4 Å². The number of carbonyl (C=O) groups excluding carboxylic acids is 1. The summed E-state index contributed by atoms with van der Waals surface area (Å²) in [7, 11) is 1.62. The van der Waals surface area contributed by atoms with Crippen LogP contribution in [0.2, 0.25) is 0 Å². The Morgan fingerprint density at radius 1 is 1.00 bits per heavy atom. The topological polar surface area (TPSA) is 76.6 Å². The standard InChI is InChI=1S/C23H26N4O3S/c1-29-19-9-11-20(12-10-19)30-16-21-25-26-23(31-21)24-22(28)18-7-5-17(6-8-18)15-27-13-3-2-4-14-27/h5-12H,2-4,13-16H2,1H3,(H,24,26,28). The van der Waals surface area contributed by atoms with Gasteiger partial charge in [0.15, 0.2) is 5.01 Å². The van der Waals surface area contributed by atoms with Crippen LogP contribution in [0.3, 0.4) is 0 Å². The van der Waals surface area contributed by atoms with Crippen molar-refractivity contribution in [3.63, 3.8) is 0 Å². The lowest BCUT2D eigenvalue weighted by Gasteiger charge is -2.26. The lowest BCUT2D eigenvalue weighted by Crippen LogP contribution is -2.29. The van der Waals surface area contributed by atoms with Gasteiger partial charge in [0, 0.05) is 12.1 Å². The first kappa shape index (κ1) is 21.3. The number of rotatable bonds is 8. The van der Waals surface area contributed by atoms with E-state index in [0.29, 0.717) is 21.5 Å². The molecule has 0 bridgehead atoms. The highest BCUT2D eigenvalue weighted by molar-refractivity contribution is 7.15. The molecule has 1 N–H and O–H groups in total. The number of amides is 1. The van der Waals surface area contributed by atoms with E-state index in [0.717, 1.165) is 25.4 Å². The summed E-state index contributed by atoms with van der Waals surface area (Å²) in [6.45, 7) is 3.54. The third-order valence-corrected chi connectivity index (χ3v) is 5.99. The first-order chi connectivity index (χ1) is 15.2. The molecule has 0 radical (unpaired) electrons. The van der Waals surface area contributed by atoms with Crippen molar-refractivity contribution in [2.45, 2.75) is 32.4 Å². The fraction of sp³-hybridized carbons (Fsp3) is 0.348. The summed E-state index contributed by atoms with van der Waals surface area (Å²) in [5.74, 6) is 1.29. The van der Waals surface area contributed by atoms with Crippen LogP contribution in [0.5, 0.6) is 11.5 Å². The zero-order valence-electron chi connectivity index (χ0n) is 17.5. The van der Waals surface area contributed by atoms with Gasteiger partial charge in [-0.2, -0.15) is 0 Å². The van der Waals surface area contributed by atoms with Gasteiger partial charge in [-0.05, 0) is 67.9 Å². The average Bonchev–Trinajstić information content (AvgIpc) is 3.26. The second-order valence-corrected chi connectivity index (χ2v) is 8.52. The predicted octanol–water partition coefficient (Wildman–Crippen LogP) is 4.36. The minimum absolute atomic E-state index is 0.191. The van der Waals surface area contributed by atoms with Crippen LogP contribution < -0.4 is 14.8 Å². The summed E-state index contributed by atoms with van der Waals surface area (Å²) in [6, 6.07) is 15.1. The molecule has 3 aromatic rings. The molecule has 2 heterocycles. The molecular formula is C23H26N4O3S. The molecule has 1 saturated heterocycles. The molecule has 0 aliphatic carbocycles. The summed E-state index contributed by atoms with van der Waals surface area (Å²) in [5.41, 5.74) is 1.83. The van der Waals surface area contributed by atoms with Gasteiger partial charge in [-0.3, -0.25) is 15.0 Å². The molecule has 1 aromatic heterocycles. The molecule has 2 aromatic carbocycles. The highest BCUT2D eigenvalue weighted by Gasteiger charge is 2.13. The first-order valence-electron chi connectivity index (χ1n) is 10.4. The highest BCUT2D eigenvalue weighted by Crippen LogP contribution is 2.21. The number of benzene rings is 2. The summed E-state index contributed by atoms with van der Waals surface area (Å²) in [6.07, 6.45) is 3.88. The van der Waals surface area contributed by atoms with Gasteiger partial charge in [0.05, 0.1) is 7.11 Å². The molecule has 1 fully saturated rings. The van der Waals surface area contributed by atoms with E-state index < -0.39 is 0 Å². The SMILES string of the molecule is COc1ccc(OCc2nnc(NC(=O)c3ccc(CN4CCCCC4)cc3)s2)cc1. The number of carbonyl (C=O) groups is 1. The smallest absolute Gasteiger partial charge is 0.257 e. The summed E-state index contributed by atoms with van der Waals surface area (Å²) in [5, 5.41) is 12.1. The van der Waals surface area contributed by atoms with Crippen LogP contribution in [0.4, 0.5) is 5.13 Å². The summed E-state index contributed by atoms with van der Waals surface area (Å²) in [4.78, 5) is 15.0. The third kappa shape index (κ3) is 6.02. The van der Waals surface area contributed by atoms with E-state index in [9.17, 15) is 4.79 Å². The fourth-order valence-electron chi connectivity index (χ4n) is 3.49. The van der Waals surface area contributed by atoms with Crippen molar-refractivity contribution in [2.75, 3.05) is 25.5 Å². The van der Waals surface area contributed by atoms with Crippen LogP contribution in [0.15, 0.2) is 48.5 Å². The Morgan fingerprint density at radius 2 is 1.71 bits per heavy atom. The molecular weight excluding hydrogens is 412 g/mol. The maximum atomic E-state index is 12.5. The number of hydrogen-bond donors (Lipinski definition) is 1. The Kier molecular flexibility index (Phi) is 7.11. The van der Waals surface area contributed by atoms with Crippen LogP contribution in [0, 0.1) is 0 Å². The Morgan fingerprint density at radius 3 is 2.42 bits per heavy atom. The molecule has 0 unspecified atom stereocenters. The fourth-order valence-corrected chi connectivity index (χ4v) is 4.13. The Hall–Kier alpha value is -2.97. The molecule has 7 nitrogen and oxygen atoms in total. The minimum atomic E-state index is -0.191. The molecule has 162 valence electrons. The van der Waals surface area contributed by atoms with Gasteiger partial charge >= 0.3 is 0 Å². The molecule has 0 spiro atoms. The van der Waals surface area contributed by atoms with E-state index in [-0.39, 0.29) is 12.5 Å². The maximum Gasteiger partial charge on any atom is 0.257 e. The largest absolute Gasteiger partial charge is 0.497 e. The average molecular weight is 439 g/mol. The zero-order chi connectivity index (χ0) is 21.5. The zero-order valence-corrected chi connectivity index (χ0v) is 18.4. The van der Waals surface area contributed by atoms with Crippen LogP contribution in [-0.2, 0) is 13.2 Å². The van der Waals surface area contributed by atoms with Crippen LogP contribution in [-0.4, -0.2) is 41.2 Å². The molecule has 0 atom stereocenters. The molecule has 1 aliphatic heterocycles. The normalized spacial score (nSPS) is 14.2. The number of aromatic nitrogens is 2. The Labute approximate surface area is 186 Å². The number of methoxy groups -OCH3 is 1. The Bertz CT molecular complexity index is 983. The van der Waals surface area contributed by atoms with Crippen molar-refractivity contribution in [2.24, 2.45) is 0 Å². The van der Waals surface area contributed by atoms with Gasteiger partial charge in [-0.25, -0.2) is 0 Å². The van der Waals surface area contributed by atoms with Crippen molar-refractivity contribution in [1.82, 2.24) is 15.1 Å². The van der Waals surface area contributed by atoms with E-state index in [2.05, 4.69) is 20.4 Å². The van der Waals surface area contributed by atoms with Gasteiger partial charge in [0.2, 0.25) is 5.13 Å². The number of ether oxygens (including phenoxy) is 2. The minimum Gasteiger partial charge on any atom is -0.497 e. The van der Waals surface area contributed by atoms with Gasteiger partial charge < -0.3 is 9.47 Å². The van der Waals surface area contributed by atoms with Crippen LogP contribution in [0.1, 0.15) is 40.2 Å². The van der Waals surface area contributed by atoms with E-state index >= 15 is 0 Å². The van der Waals surface area contributed by atoms with Gasteiger partial charge in [-0.15, -0.1) is 10.2 Å². The molecule has 8 heteroatoms. The Balaban J connectivity index is 1.27. The first-order valence-corrected chi connectivity index (χ1v) is 11.2. The summed E-state index contributed by atoms with van der Waals surface area (Å²) < 4.78 is 10.8. The molecule has 1 aliphatic rings. The molecule has 31 heavy (non-hydrogen) atoms. The lowest BCUT2D eigenvalue weighted by molar-refractivity contribution is 0.102.